The van der Waals surface area contributed by atoms with E-state index in [0.29, 0.717) is 18.6 Å². The highest BCUT2D eigenvalue weighted by atomic mass is 35.5. The zero-order valence-electron chi connectivity index (χ0n) is 17.7. The van der Waals surface area contributed by atoms with Gasteiger partial charge in [0.2, 0.25) is 15.8 Å². The van der Waals surface area contributed by atoms with E-state index in [9.17, 15) is 22.8 Å². The highest BCUT2D eigenvalue weighted by Crippen LogP contribution is 2.27. The van der Waals surface area contributed by atoms with Gasteiger partial charge in [0, 0.05) is 19.2 Å². The van der Waals surface area contributed by atoms with Crippen LogP contribution >= 0.6 is 11.6 Å². The number of nitrogens with zero attached hydrogens (tertiary/aromatic N) is 1. The van der Waals surface area contributed by atoms with Crippen LogP contribution in [0.3, 0.4) is 0 Å². The molecule has 0 aliphatic carbocycles. The lowest BCUT2D eigenvalue weighted by atomic mass is 10.2. The number of ether oxygens (including phenoxy) is 2. The van der Waals surface area contributed by atoms with Crippen LogP contribution in [0.15, 0.2) is 62.6 Å². The third kappa shape index (κ3) is 5.12. The molecule has 1 fully saturated rings. The minimum absolute atomic E-state index is 0.0364. The van der Waals surface area contributed by atoms with E-state index in [4.69, 9.17) is 25.5 Å². The van der Waals surface area contributed by atoms with Gasteiger partial charge in [0.05, 0.1) is 34.2 Å². The van der Waals surface area contributed by atoms with E-state index in [-0.39, 0.29) is 40.0 Å². The van der Waals surface area contributed by atoms with Crippen LogP contribution in [0.1, 0.15) is 10.6 Å². The number of rotatable bonds is 6. The summed E-state index contributed by atoms with van der Waals surface area (Å²) in [5.41, 5.74) is -0.186. The number of carbonyl (C=O) groups is 2. The number of esters is 1. The molecule has 1 N–H and O–H groups in total. The first-order valence-corrected chi connectivity index (χ1v) is 11.9. The Labute approximate surface area is 199 Å². The molecule has 1 aliphatic heterocycles. The zero-order chi connectivity index (χ0) is 24.3. The third-order valence-corrected chi connectivity index (χ3v) is 7.21. The molecule has 1 aliphatic rings. The standard InChI is InChI=1S/C22H19ClN2O8S/c23-16-6-5-14(34(29,30)25-7-9-31-10-8-25)11-17(16)24-21(27)13-32-22(28)20-12-18(26)15-3-1-2-4-19(15)33-20/h1-6,11-12H,7-10,13H2,(H,24,27). The second-order valence-electron chi connectivity index (χ2n) is 7.25. The first-order chi connectivity index (χ1) is 16.3. The Hall–Kier alpha value is -3.25. The van der Waals surface area contributed by atoms with Crippen LogP contribution in [0, 0.1) is 0 Å². The Kier molecular flexibility index (Phi) is 6.98. The largest absolute Gasteiger partial charge is 0.450 e. The molecular weight excluding hydrogens is 488 g/mol. The summed E-state index contributed by atoms with van der Waals surface area (Å²) in [5, 5.41) is 2.83. The van der Waals surface area contributed by atoms with E-state index >= 15 is 0 Å². The maximum atomic E-state index is 12.8. The summed E-state index contributed by atoms with van der Waals surface area (Å²) in [6, 6.07) is 11.3. The van der Waals surface area contributed by atoms with Gasteiger partial charge in [-0.15, -0.1) is 0 Å². The number of morpholine rings is 1. The highest BCUT2D eigenvalue weighted by molar-refractivity contribution is 7.89. The van der Waals surface area contributed by atoms with E-state index in [2.05, 4.69) is 5.32 Å². The Morgan fingerprint density at radius 3 is 2.59 bits per heavy atom. The molecule has 1 aromatic heterocycles. The van der Waals surface area contributed by atoms with Crippen LogP contribution in [0.5, 0.6) is 0 Å². The van der Waals surface area contributed by atoms with E-state index in [1.54, 1.807) is 18.2 Å². The molecule has 0 radical (unpaired) electrons. The van der Waals surface area contributed by atoms with Gasteiger partial charge >= 0.3 is 5.97 Å². The fourth-order valence-corrected chi connectivity index (χ4v) is 4.89. The third-order valence-electron chi connectivity index (χ3n) is 4.99. The molecule has 0 saturated carbocycles. The number of anilines is 1. The molecule has 12 heteroatoms. The fourth-order valence-electron chi connectivity index (χ4n) is 3.29. The minimum atomic E-state index is -3.80. The summed E-state index contributed by atoms with van der Waals surface area (Å²) < 4.78 is 42.5. The molecule has 1 saturated heterocycles. The lowest BCUT2D eigenvalue weighted by Gasteiger charge is -2.26. The minimum Gasteiger partial charge on any atom is -0.450 e. The first kappa shape index (κ1) is 23.9. The number of hydrogen-bond donors (Lipinski definition) is 1. The van der Waals surface area contributed by atoms with Crippen molar-refractivity contribution in [3.63, 3.8) is 0 Å². The van der Waals surface area contributed by atoms with Gasteiger partial charge < -0.3 is 19.2 Å². The molecule has 178 valence electrons. The summed E-state index contributed by atoms with van der Waals surface area (Å²) in [6.07, 6.45) is 0. The molecule has 0 spiro atoms. The van der Waals surface area contributed by atoms with Gasteiger partial charge in [-0.25, -0.2) is 13.2 Å². The lowest BCUT2D eigenvalue weighted by molar-refractivity contribution is -0.119. The SMILES string of the molecule is O=C(COC(=O)c1cc(=O)c2ccccc2o1)Nc1cc(S(=O)(=O)N2CCOCC2)ccc1Cl. The van der Waals surface area contributed by atoms with Crippen molar-refractivity contribution in [3.8, 4) is 0 Å². The fraction of sp³-hybridized carbons (Fsp3) is 0.227. The Morgan fingerprint density at radius 2 is 1.82 bits per heavy atom. The molecule has 1 amide bonds. The predicted octanol–water partition coefficient (Wildman–Crippen LogP) is 2.26. The second-order valence-corrected chi connectivity index (χ2v) is 9.60. The summed E-state index contributed by atoms with van der Waals surface area (Å²) in [5.74, 6) is -2.12. The summed E-state index contributed by atoms with van der Waals surface area (Å²) >= 11 is 6.11. The van der Waals surface area contributed by atoms with Crippen molar-refractivity contribution in [2.75, 3.05) is 38.2 Å². The lowest BCUT2D eigenvalue weighted by Crippen LogP contribution is -2.40. The van der Waals surface area contributed by atoms with Gasteiger partial charge in [-0.2, -0.15) is 4.31 Å². The molecule has 4 rings (SSSR count). The average molecular weight is 507 g/mol. The van der Waals surface area contributed by atoms with Crippen LogP contribution in [0.25, 0.3) is 11.0 Å². The number of hydrogen-bond acceptors (Lipinski definition) is 8. The van der Waals surface area contributed by atoms with Gasteiger partial charge in [-0.3, -0.25) is 9.59 Å². The molecular formula is C22H19ClN2O8S. The summed E-state index contributed by atoms with van der Waals surface area (Å²) in [7, 11) is -3.80. The number of amides is 1. The van der Waals surface area contributed by atoms with Gasteiger partial charge in [0.1, 0.15) is 5.58 Å². The van der Waals surface area contributed by atoms with Gasteiger partial charge in [-0.05, 0) is 30.3 Å². The molecule has 0 unspecified atom stereocenters. The number of nitrogens with one attached hydrogen (secondary N) is 1. The van der Waals surface area contributed by atoms with Crippen molar-refractivity contribution in [1.82, 2.24) is 4.31 Å². The van der Waals surface area contributed by atoms with Crippen LogP contribution < -0.4 is 10.7 Å². The van der Waals surface area contributed by atoms with E-state index in [0.717, 1.165) is 6.07 Å². The Balaban J connectivity index is 1.43. The average Bonchev–Trinajstić information content (AvgIpc) is 2.84. The van der Waals surface area contributed by atoms with E-state index < -0.39 is 33.9 Å². The zero-order valence-corrected chi connectivity index (χ0v) is 19.2. The number of para-hydroxylation sites is 1. The topological polar surface area (TPSA) is 132 Å². The monoisotopic (exact) mass is 506 g/mol. The van der Waals surface area contributed by atoms with Crippen molar-refractivity contribution < 1.29 is 31.9 Å². The van der Waals surface area contributed by atoms with Crippen LogP contribution in [0.4, 0.5) is 5.69 Å². The van der Waals surface area contributed by atoms with Crippen LogP contribution in [-0.4, -0.2) is 57.5 Å². The maximum absolute atomic E-state index is 12.8. The first-order valence-electron chi connectivity index (χ1n) is 10.1. The van der Waals surface area contributed by atoms with Crippen molar-refractivity contribution in [3.05, 3.63) is 69.5 Å². The van der Waals surface area contributed by atoms with Gasteiger partial charge in [-0.1, -0.05) is 23.7 Å². The number of halogens is 1. The summed E-state index contributed by atoms with van der Waals surface area (Å²) in [4.78, 5) is 36.7. The van der Waals surface area contributed by atoms with Crippen molar-refractivity contribution in [1.29, 1.82) is 0 Å². The number of benzene rings is 2. The Bertz CT molecular complexity index is 1410. The molecule has 10 nitrogen and oxygen atoms in total. The van der Waals surface area contributed by atoms with Crippen LogP contribution in [-0.2, 0) is 24.3 Å². The quantitative estimate of drug-likeness (QED) is 0.503. The maximum Gasteiger partial charge on any atom is 0.374 e. The Morgan fingerprint density at radius 1 is 1.09 bits per heavy atom. The smallest absolute Gasteiger partial charge is 0.374 e. The van der Waals surface area contributed by atoms with Crippen molar-refractivity contribution in [2.24, 2.45) is 0 Å². The van der Waals surface area contributed by atoms with Crippen molar-refractivity contribution in [2.45, 2.75) is 4.90 Å². The van der Waals surface area contributed by atoms with Crippen molar-refractivity contribution >= 4 is 50.2 Å². The van der Waals surface area contributed by atoms with Gasteiger partial charge in [0.25, 0.3) is 5.91 Å². The van der Waals surface area contributed by atoms with Crippen LogP contribution in [0.2, 0.25) is 5.02 Å². The molecule has 34 heavy (non-hydrogen) atoms. The molecule has 0 bridgehead atoms. The van der Waals surface area contributed by atoms with E-state index in [1.165, 1.54) is 28.6 Å². The molecule has 2 aromatic carbocycles. The predicted molar refractivity (Wildman–Crippen MR) is 122 cm³/mol. The number of fused-ring (bicyclic) bond motifs is 1. The molecule has 2 heterocycles. The highest BCUT2D eigenvalue weighted by Gasteiger charge is 2.27. The van der Waals surface area contributed by atoms with Gasteiger partial charge in [0.15, 0.2) is 12.0 Å². The molecule has 3 aromatic rings. The van der Waals surface area contributed by atoms with E-state index in [1.807, 2.05) is 0 Å². The number of carbonyl (C=O) groups excluding carboxylic acids is 2. The second kappa shape index (κ2) is 9.94. The normalized spacial score (nSPS) is 14.6. The number of sulfonamides is 1. The summed E-state index contributed by atoms with van der Waals surface area (Å²) in [6.45, 7) is 0.297. The molecule has 0 atom stereocenters.